The van der Waals surface area contributed by atoms with Crippen LogP contribution >= 0.6 is 0 Å². The molecule has 1 amide bonds. The van der Waals surface area contributed by atoms with E-state index in [0.29, 0.717) is 44.1 Å². The fourth-order valence-corrected chi connectivity index (χ4v) is 8.42. The SMILES string of the molecule is C[C@H]1C[C@H]2[C@@H]3CCC4=CC(=O)C=C[C@]4(C)C3(F)[C@@H](O)C[C@]2(C)[C@@]1(O)C(=O)COC(=O)CNC(=O)CCCCCON(O)O. The minimum absolute atomic E-state index is 0.0607. The summed E-state index contributed by atoms with van der Waals surface area (Å²) < 4.78 is 22.4. The zero-order valence-corrected chi connectivity index (χ0v) is 24.9. The van der Waals surface area contributed by atoms with E-state index in [9.17, 15) is 29.4 Å². The Labute approximate surface area is 249 Å². The lowest BCUT2D eigenvalue weighted by Crippen LogP contribution is -2.69. The van der Waals surface area contributed by atoms with Gasteiger partial charge >= 0.3 is 5.97 Å². The van der Waals surface area contributed by atoms with Crippen LogP contribution in [0, 0.1) is 28.6 Å². The Hall–Kier alpha value is -2.55. The first-order valence-corrected chi connectivity index (χ1v) is 14.9. The minimum Gasteiger partial charge on any atom is -0.456 e. The number of ether oxygens (including phenoxy) is 1. The van der Waals surface area contributed by atoms with Gasteiger partial charge in [-0.1, -0.05) is 31.9 Å². The number of unbranched alkanes of at least 4 members (excludes halogenated alkanes) is 2. The van der Waals surface area contributed by atoms with Crippen molar-refractivity contribution >= 4 is 23.4 Å². The van der Waals surface area contributed by atoms with Crippen molar-refractivity contribution < 1.29 is 53.8 Å². The van der Waals surface area contributed by atoms with Gasteiger partial charge in [0.25, 0.3) is 0 Å². The standard InChI is InChI=1S/C30H43FN2O10/c1-18-13-22-21-9-8-19-14-20(34)10-11-27(19,2)29(21,31)23(35)15-28(22,3)30(18,39)24(36)17-42-26(38)16-32-25(37)7-5-4-6-12-43-33(40)41/h10-11,14,18,21-23,35,39-41H,4-9,12-13,15-17H2,1-3H3,(H,32,37)/t18-,21-,22-,23-,27-,28-,29?,30-/m0/s1. The lowest BCUT2D eigenvalue weighted by Gasteiger charge is -2.62. The second-order valence-corrected chi connectivity index (χ2v) is 12.9. The van der Waals surface area contributed by atoms with Gasteiger partial charge in [0.15, 0.2) is 18.1 Å². The van der Waals surface area contributed by atoms with E-state index in [1.54, 1.807) is 26.8 Å². The number of hydrogen-bond acceptors (Lipinski definition) is 11. The number of Topliss-reactive ketones (excluding diaryl/α,β-unsaturated/α-hetero) is 1. The topological polar surface area (TPSA) is 183 Å². The van der Waals surface area contributed by atoms with E-state index in [1.807, 2.05) is 0 Å². The molecule has 240 valence electrons. The predicted octanol–water partition coefficient (Wildman–Crippen LogP) is 2.14. The van der Waals surface area contributed by atoms with Crippen LogP contribution in [-0.4, -0.2) is 86.6 Å². The van der Waals surface area contributed by atoms with Crippen LogP contribution in [0.2, 0.25) is 0 Å². The van der Waals surface area contributed by atoms with E-state index in [1.165, 1.54) is 12.2 Å². The van der Waals surface area contributed by atoms with Crippen LogP contribution in [0.25, 0.3) is 0 Å². The second-order valence-electron chi connectivity index (χ2n) is 12.9. The Kier molecular flexibility index (Phi) is 9.65. The Morgan fingerprint density at radius 2 is 1.88 bits per heavy atom. The fraction of sp³-hybridized carbons (Fsp3) is 0.733. The van der Waals surface area contributed by atoms with Crippen molar-refractivity contribution in [2.45, 2.75) is 89.5 Å². The van der Waals surface area contributed by atoms with Crippen LogP contribution in [0.3, 0.4) is 0 Å². The summed E-state index contributed by atoms with van der Waals surface area (Å²) in [5, 5.41) is 42.3. The smallest absolute Gasteiger partial charge is 0.325 e. The van der Waals surface area contributed by atoms with Gasteiger partial charge in [-0.3, -0.25) is 34.4 Å². The number of hydrogen-bond donors (Lipinski definition) is 5. The molecule has 4 aliphatic rings. The second kappa shape index (κ2) is 12.4. The highest BCUT2D eigenvalue weighted by Crippen LogP contribution is 2.70. The van der Waals surface area contributed by atoms with Crippen LogP contribution in [0.5, 0.6) is 0 Å². The number of allylic oxidation sites excluding steroid dienone is 4. The maximum Gasteiger partial charge on any atom is 0.325 e. The van der Waals surface area contributed by atoms with Crippen molar-refractivity contribution in [1.29, 1.82) is 0 Å². The van der Waals surface area contributed by atoms with Gasteiger partial charge in [-0.05, 0) is 69.4 Å². The number of carbonyl (C=O) groups is 4. The molecule has 1 unspecified atom stereocenters. The number of carbonyl (C=O) groups excluding carboxylic acids is 4. The molecule has 8 atom stereocenters. The summed E-state index contributed by atoms with van der Waals surface area (Å²) in [7, 11) is 0. The van der Waals surface area contributed by atoms with Crippen molar-refractivity contribution in [2.24, 2.45) is 28.6 Å². The summed E-state index contributed by atoms with van der Waals surface area (Å²) in [6.07, 6.45) is 5.46. The monoisotopic (exact) mass is 610 g/mol. The fourth-order valence-electron chi connectivity index (χ4n) is 8.42. The van der Waals surface area contributed by atoms with Gasteiger partial charge in [-0.15, -0.1) is 0 Å². The van der Waals surface area contributed by atoms with Crippen molar-refractivity contribution in [3.8, 4) is 0 Å². The van der Waals surface area contributed by atoms with E-state index < -0.39 is 76.8 Å². The molecule has 0 aromatic carbocycles. The first kappa shape index (κ1) is 33.3. The van der Waals surface area contributed by atoms with Crippen molar-refractivity contribution in [3.63, 3.8) is 0 Å². The molecule has 0 aromatic heterocycles. The molecule has 3 fully saturated rings. The maximum atomic E-state index is 17.3. The van der Waals surface area contributed by atoms with E-state index in [0.717, 1.165) is 0 Å². The molecule has 0 saturated heterocycles. The van der Waals surface area contributed by atoms with Crippen LogP contribution in [0.4, 0.5) is 4.39 Å². The van der Waals surface area contributed by atoms with E-state index in [4.69, 9.17) is 15.2 Å². The predicted molar refractivity (Wildman–Crippen MR) is 147 cm³/mol. The van der Waals surface area contributed by atoms with Crippen molar-refractivity contribution in [3.05, 3.63) is 23.8 Å². The molecule has 4 aliphatic carbocycles. The molecule has 13 heteroatoms. The third kappa shape index (κ3) is 5.71. The third-order valence-corrected chi connectivity index (χ3v) is 10.7. The number of halogens is 1. The molecule has 43 heavy (non-hydrogen) atoms. The van der Waals surface area contributed by atoms with Crippen molar-refractivity contribution in [2.75, 3.05) is 19.8 Å². The summed E-state index contributed by atoms with van der Waals surface area (Å²) in [6, 6.07) is 0. The number of fused-ring (bicyclic) bond motifs is 5. The Morgan fingerprint density at radius 3 is 2.58 bits per heavy atom. The normalized spacial score (nSPS) is 38.2. The molecular weight excluding hydrogens is 567 g/mol. The highest BCUT2D eigenvalue weighted by atomic mass is 19.1. The van der Waals surface area contributed by atoms with Gasteiger partial charge in [-0.2, -0.15) is 0 Å². The number of nitrogens with zero attached hydrogens (tertiary/aromatic N) is 1. The average Bonchev–Trinajstić information content (AvgIpc) is 3.14. The van der Waals surface area contributed by atoms with Gasteiger partial charge in [0, 0.05) is 23.2 Å². The summed E-state index contributed by atoms with van der Waals surface area (Å²) in [5.74, 6) is -3.93. The summed E-state index contributed by atoms with van der Waals surface area (Å²) >= 11 is 0. The van der Waals surface area contributed by atoms with E-state index in [2.05, 4.69) is 10.2 Å². The number of ketones is 2. The summed E-state index contributed by atoms with van der Waals surface area (Å²) in [6.45, 7) is 3.97. The Bertz CT molecular complexity index is 1190. The zero-order valence-electron chi connectivity index (χ0n) is 24.9. The highest BCUT2D eigenvalue weighted by Gasteiger charge is 2.75. The average molecular weight is 611 g/mol. The maximum absolute atomic E-state index is 17.3. The number of alkyl halides is 1. The molecule has 12 nitrogen and oxygen atoms in total. The largest absolute Gasteiger partial charge is 0.456 e. The molecule has 3 saturated carbocycles. The van der Waals surface area contributed by atoms with Gasteiger partial charge in [0.05, 0.1) is 18.1 Å². The molecule has 4 rings (SSSR count). The first-order valence-electron chi connectivity index (χ1n) is 14.9. The molecule has 0 bridgehead atoms. The number of aliphatic hydroxyl groups is 2. The Balaban J connectivity index is 1.35. The lowest BCUT2D eigenvalue weighted by molar-refractivity contribution is -0.492. The molecular formula is C30H43FN2O10. The van der Waals surface area contributed by atoms with Crippen LogP contribution in [-0.2, 0) is 28.8 Å². The minimum atomic E-state index is -2.09. The highest BCUT2D eigenvalue weighted by molar-refractivity contribution is 6.01. The van der Waals surface area contributed by atoms with E-state index in [-0.39, 0.29) is 30.6 Å². The molecule has 0 spiro atoms. The zero-order chi connectivity index (χ0) is 31.8. The quantitative estimate of drug-likeness (QED) is 0.124. The van der Waals surface area contributed by atoms with Gasteiger partial charge in [-0.25, -0.2) is 4.39 Å². The number of esters is 1. The molecule has 0 aromatic rings. The molecule has 5 N–H and O–H groups in total. The first-order chi connectivity index (χ1) is 20.1. The number of nitrogens with one attached hydrogen (secondary N) is 1. The number of aliphatic hydroxyl groups excluding tert-OH is 1. The van der Waals surface area contributed by atoms with Crippen molar-refractivity contribution in [1.82, 2.24) is 10.7 Å². The molecule has 0 radical (unpaired) electrons. The van der Waals surface area contributed by atoms with Crippen LogP contribution < -0.4 is 5.32 Å². The third-order valence-electron chi connectivity index (χ3n) is 10.7. The number of rotatable bonds is 12. The number of amides is 1. The Morgan fingerprint density at radius 1 is 1.16 bits per heavy atom. The summed E-state index contributed by atoms with van der Waals surface area (Å²) in [5.41, 5.74) is -5.80. The molecule has 0 heterocycles. The summed E-state index contributed by atoms with van der Waals surface area (Å²) in [4.78, 5) is 54.3. The van der Waals surface area contributed by atoms with E-state index >= 15 is 4.39 Å². The van der Waals surface area contributed by atoms with Crippen LogP contribution in [0.1, 0.15) is 72.1 Å². The molecule has 0 aliphatic heterocycles. The van der Waals surface area contributed by atoms with Gasteiger partial charge < -0.3 is 20.3 Å². The van der Waals surface area contributed by atoms with Crippen LogP contribution in [0.15, 0.2) is 23.8 Å². The van der Waals surface area contributed by atoms with Gasteiger partial charge in [0.2, 0.25) is 11.7 Å². The van der Waals surface area contributed by atoms with Gasteiger partial charge in [0.1, 0.15) is 12.1 Å². The lowest BCUT2D eigenvalue weighted by atomic mass is 9.44.